The van der Waals surface area contributed by atoms with E-state index in [0.717, 1.165) is 6.29 Å². The van der Waals surface area contributed by atoms with Crippen molar-refractivity contribution in [3.63, 3.8) is 0 Å². The van der Waals surface area contributed by atoms with Crippen LogP contribution in [0.2, 0.25) is 0 Å². The SMILES string of the molecule is CNC.Cn1c(=O)n(C(C=O)CCC=O)c2cccc(C#CCOC3CCN(C(=O)OC(C)(C)C)CC3)c21. The van der Waals surface area contributed by atoms with Crippen LogP contribution in [0, 0.1) is 11.8 Å². The molecular weight excluding hydrogens is 488 g/mol. The maximum Gasteiger partial charge on any atom is 0.410 e. The molecule has 1 saturated heterocycles. The topological polar surface area (TPSA) is 112 Å². The Kier molecular flexibility index (Phi) is 11.8. The number of benzene rings is 1. The maximum atomic E-state index is 12.9. The molecule has 0 saturated carbocycles. The van der Waals surface area contributed by atoms with Crippen molar-refractivity contribution in [1.82, 2.24) is 19.4 Å². The number of carbonyl (C=O) groups excluding carboxylic acids is 3. The van der Waals surface area contributed by atoms with Crippen LogP contribution in [0.4, 0.5) is 4.79 Å². The van der Waals surface area contributed by atoms with E-state index in [1.807, 2.05) is 40.9 Å². The van der Waals surface area contributed by atoms with Gasteiger partial charge in [0.15, 0.2) is 0 Å². The van der Waals surface area contributed by atoms with Gasteiger partial charge in [0.2, 0.25) is 0 Å². The molecule has 10 heteroatoms. The number of hydrogen-bond donors (Lipinski definition) is 1. The number of nitrogens with one attached hydrogen (secondary N) is 1. The summed E-state index contributed by atoms with van der Waals surface area (Å²) in [6.07, 6.45) is 3.03. The normalized spacial score (nSPS) is 14.6. The summed E-state index contributed by atoms with van der Waals surface area (Å²) in [6.45, 7) is 6.91. The van der Waals surface area contributed by atoms with E-state index in [4.69, 9.17) is 9.47 Å². The summed E-state index contributed by atoms with van der Waals surface area (Å²) in [6, 6.07) is 4.67. The van der Waals surface area contributed by atoms with Gasteiger partial charge in [0.25, 0.3) is 0 Å². The molecule has 1 aromatic carbocycles. The van der Waals surface area contributed by atoms with Gasteiger partial charge >= 0.3 is 11.8 Å². The van der Waals surface area contributed by atoms with E-state index in [1.54, 1.807) is 24.1 Å². The molecule has 0 radical (unpaired) electrons. The fraction of sp³-hybridized carbons (Fsp3) is 0.571. The Morgan fingerprint density at radius 3 is 2.45 bits per heavy atom. The molecule has 1 N–H and O–H groups in total. The molecule has 1 aliphatic rings. The number of aldehydes is 2. The molecule has 3 rings (SSSR count). The third kappa shape index (κ3) is 8.30. The van der Waals surface area contributed by atoms with Crippen molar-refractivity contribution in [2.75, 3.05) is 33.8 Å². The number of nitrogens with zero attached hydrogens (tertiary/aromatic N) is 3. The molecule has 0 aliphatic carbocycles. The summed E-state index contributed by atoms with van der Waals surface area (Å²) in [7, 11) is 5.39. The van der Waals surface area contributed by atoms with Crippen molar-refractivity contribution in [3.8, 4) is 11.8 Å². The molecule has 10 nitrogen and oxygen atoms in total. The lowest BCUT2D eigenvalue weighted by atomic mass is 10.1. The van der Waals surface area contributed by atoms with Gasteiger partial charge in [-0.2, -0.15) is 0 Å². The minimum Gasteiger partial charge on any atom is -0.444 e. The monoisotopic (exact) mass is 528 g/mol. The zero-order chi connectivity index (χ0) is 28.3. The summed E-state index contributed by atoms with van der Waals surface area (Å²) < 4.78 is 14.2. The van der Waals surface area contributed by atoms with Crippen molar-refractivity contribution in [2.24, 2.45) is 7.05 Å². The highest BCUT2D eigenvalue weighted by Crippen LogP contribution is 2.22. The summed E-state index contributed by atoms with van der Waals surface area (Å²) in [5.74, 6) is 6.11. The first-order valence-corrected chi connectivity index (χ1v) is 12.8. The van der Waals surface area contributed by atoms with E-state index in [2.05, 4.69) is 17.2 Å². The van der Waals surface area contributed by atoms with Crippen LogP contribution in [0.1, 0.15) is 58.1 Å². The van der Waals surface area contributed by atoms with Crippen LogP contribution in [0.15, 0.2) is 23.0 Å². The van der Waals surface area contributed by atoms with Gasteiger partial charge in [-0.25, -0.2) is 9.59 Å². The Morgan fingerprint density at radius 2 is 1.87 bits per heavy atom. The Bertz CT molecular complexity index is 1210. The summed E-state index contributed by atoms with van der Waals surface area (Å²) in [5.41, 5.74) is 1.04. The van der Waals surface area contributed by atoms with Gasteiger partial charge < -0.3 is 29.3 Å². The van der Waals surface area contributed by atoms with Gasteiger partial charge in [0, 0.05) is 26.6 Å². The van der Waals surface area contributed by atoms with Crippen molar-refractivity contribution in [2.45, 2.75) is 64.2 Å². The Balaban J connectivity index is 0.00000161. The van der Waals surface area contributed by atoms with E-state index >= 15 is 0 Å². The number of piperidine rings is 1. The maximum absolute atomic E-state index is 12.9. The predicted octanol–water partition coefficient (Wildman–Crippen LogP) is 2.66. The number of hydrogen-bond acceptors (Lipinski definition) is 7. The Morgan fingerprint density at radius 1 is 1.21 bits per heavy atom. The first-order chi connectivity index (χ1) is 18.1. The molecule has 0 spiro atoms. The molecule has 2 heterocycles. The summed E-state index contributed by atoms with van der Waals surface area (Å²) in [5, 5.41) is 2.75. The molecule has 38 heavy (non-hydrogen) atoms. The zero-order valence-corrected chi connectivity index (χ0v) is 23.3. The highest BCUT2D eigenvalue weighted by Gasteiger charge is 2.27. The molecule has 1 unspecified atom stereocenters. The number of ether oxygens (including phenoxy) is 2. The molecule has 0 bridgehead atoms. The van der Waals surface area contributed by atoms with Crippen LogP contribution >= 0.6 is 0 Å². The van der Waals surface area contributed by atoms with Crippen molar-refractivity contribution >= 4 is 29.7 Å². The lowest BCUT2D eigenvalue weighted by molar-refractivity contribution is -0.111. The van der Waals surface area contributed by atoms with E-state index < -0.39 is 11.6 Å². The van der Waals surface area contributed by atoms with Gasteiger partial charge in [-0.1, -0.05) is 17.9 Å². The molecule has 1 aromatic heterocycles. The first-order valence-electron chi connectivity index (χ1n) is 12.8. The van der Waals surface area contributed by atoms with Crippen molar-refractivity contribution in [1.29, 1.82) is 0 Å². The van der Waals surface area contributed by atoms with Crippen LogP contribution in [-0.2, 0) is 26.1 Å². The fourth-order valence-electron chi connectivity index (χ4n) is 4.18. The molecule has 208 valence electrons. The Hall–Kier alpha value is -3.42. The molecule has 1 amide bonds. The van der Waals surface area contributed by atoms with E-state index in [9.17, 15) is 19.2 Å². The number of carbonyl (C=O) groups is 3. The van der Waals surface area contributed by atoms with E-state index in [0.29, 0.717) is 48.8 Å². The first kappa shape index (κ1) is 30.8. The highest BCUT2D eigenvalue weighted by molar-refractivity contribution is 5.84. The molecular formula is C28H40N4O6. The van der Waals surface area contributed by atoms with Crippen LogP contribution in [-0.4, -0.2) is 78.2 Å². The smallest absolute Gasteiger partial charge is 0.410 e. The molecule has 1 aliphatic heterocycles. The van der Waals surface area contributed by atoms with Crippen LogP contribution in [0.25, 0.3) is 11.0 Å². The van der Waals surface area contributed by atoms with E-state index in [-0.39, 0.29) is 37.3 Å². The second-order valence-corrected chi connectivity index (χ2v) is 10.1. The van der Waals surface area contributed by atoms with Gasteiger partial charge in [0.05, 0.1) is 28.7 Å². The second kappa shape index (κ2) is 14.5. The number of likely N-dealkylation sites (tertiary alicyclic amines) is 1. The fourth-order valence-corrected chi connectivity index (χ4v) is 4.18. The third-order valence-electron chi connectivity index (χ3n) is 5.88. The second-order valence-electron chi connectivity index (χ2n) is 10.1. The molecule has 1 atom stereocenters. The zero-order valence-electron chi connectivity index (χ0n) is 23.3. The number of aromatic nitrogens is 2. The van der Waals surface area contributed by atoms with Crippen LogP contribution in [0.5, 0.6) is 0 Å². The Labute approximate surface area is 224 Å². The molecule has 1 fully saturated rings. The largest absolute Gasteiger partial charge is 0.444 e. The molecule has 2 aromatic rings. The quantitative estimate of drug-likeness (QED) is 0.434. The standard InChI is InChI=1S/C26H33N3O6.C2H7N/c1-26(2,3)35-25(33)28-14-12-21(13-15-28)34-17-7-9-19-8-5-11-22-23(19)27(4)24(32)29(22)20(18-31)10-6-16-30;1-3-2/h5,8,11,16,18,20-21H,6,10,12-15,17H2,1-4H3;3H,1-2H3. The highest BCUT2D eigenvalue weighted by atomic mass is 16.6. The number of rotatable bonds is 7. The van der Waals surface area contributed by atoms with Crippen LogP contribution < -0.4 is 11.0 Å². The number of fused-ring (bicyclic) bond motifs is 1. The average Bonchev–Trinajstić information content (AvgIpc) is 3.13. The van der Waals surface area contributed by atoms with Crippen molar-refractivity contribution < 1.29 is 23.9 Å². The lowest BCUT2D eigenvalue weighted by Gasteiger charge is -2.33. The predicted molar refractivity (Wildman–Crippen MR) is 146 cm³/mol. The number of amides is 1. The summed E-state index contributed by atoms with van der Waals surface area (Å²) in [4.78, 5) is 49.1. The number of imidazole rings is 1. The lowest BCUT2D eigenvalue weighted by Crippen LogP contribution is -2.43. The average molecular weight is 529 g/mol. The third-order valence-corrected chi connectivity index (χ3v) is 5.88. The van der Waals surface area contributed by atoms with Gasteiger partial charge in [0.1, 0.15) is 24.8 Å². The van der Waals surface area contributed by atoms with E-state index in [1.165, 1.54) is 9.13 Å². The van der Waals surface area contributed by atoms with Crippen molar-refractivity contribution in [3.05, 3.63) is 34.2 Å². The minimum absolute atomic E-state index is 0.00962. The van der Waals surface area contributed by atoms with Gasteiger partial charge in [-0.15, -0.1) is 0 Å². The van der Waals surface area contributed by atoms with Gasteiger partial charge in [-0.3, -0.25) is 9.13 Å². The number of aryl methyl sites for hydroxylation is 1. The van der Waals surface area contributed by atoms with Gasteiger partial charge in [-0.05, 0) is 66.3 Å². The number of para-hydroxylation sites is 1. The van der Waals surface area contributed by atoms with Crippen LogP contribution in [0.3, 0.4) is 0 Å². The summed E-state index contributed by atoms with van der Waals surface area (Å²) >= 11 is 0. The minimum atomic E-state index is -0.713.